The van der Waals surface area contributed by atoms with Gasteiger partial charge >= 0.3 is 0 Å². The van der Waals surface area contributed by atoms with Gasteiger partial charge in [0.1, 0.15) is 0 Å². The number of hydrogen-bond donors (Lipinski definition) is 1. The van der Waals surface area contributed by atoms with Crippen LogP contribution in [0.25, 0.3) is 0 Å². The Bertz CT molecular complexity index is 597. The summed E-state index contributed by atoms with van der Waals surface area (Å²) in [6.07, 6.45) is 3.21. The Morgan fingerprint density at radius 1 is 1.20 bits per heavy atom. The summed E-state index contributed by atoms with van der Waals surface area (Å²) in [5.74, 6) is 0. The average molecular weight is 334 g/mol. The van der Waals surface area contributed by atoms with E-state index in [1.165, 1.54) is 0 Å². The van der Waals surface area contributed by atoms with Gasteiger partial charge < -0.3 is 5.32 Å². The molecule has 7 heteroatoms. The predicted octanol–water partition coefficient (Wildman–Crippen LogP) is 3.96. The van der Waals surface area contributed by atoms with Gasteiger partial charge in [-0.1, -0.05) is 41.7 Å². The molecular formula is C13H15Cl3N4. The van der Waals surface area contributed by atoms with Gasteiger partial charge in [-0.25, -0.2) is 0 Å². The normalized spacial score (nSPS) is 12.7. The van der Waals surface area contributed by atoms with E-state index in [0.717, 1.165) is 18.8 Å². The maximum atomic E-state index is 6.27. The second-order valence-corrected chi connectivity index (χ2v) is 5.46. The number of aryl methyl sites for hydroxylation is 1. The first-order valence-corrected chi connectivity index (χ1v) is 7.47. The van der Waals surface area contributed by atoms with Crippen LogP contribution in [0, 0.1) is 0 Å². The zero-order chi connectivity index (χ0) is 14.7. The molecule has 0 aliphatic heterocycles. The Labute approximate surface area is 133 Å². The summed E-state index contributed by atoms with van der Waals surface area (Å²) < 4.78 is 1.84. The SMILES string of the molecule is CCNC(c1ncc(Cl)cc1Cl)c1c(Cl)cnn1CC. The van der Waals surface area contributed by atoms with E-state index in [1.54, 1.807) is 18.5 Å². The minimum absolute atomic E-state index is 0.222. The quantitative estimate of drug-likeness (QED) is 0.900. The van der Waals surface area contributed by atoms with E-state index >= 15 is 0 Å². The highest BCUT2D eigenvalue weighted by molar-refractivity contribution is 6.35. The molecule has 2 heterocycles. The molecule has 0 radical (unpaired) electrons. The molecule has 108 valence electrons. The molecule has 2 aromatic heterocycles. The van der Waals surface area contributed by atoms with E-state index in [-0.39, 0.29) is 6.04 Å². The second-order valence-electron chi connectivity index (χ2n) is 4.20. The van der Waals surface area contributed by atoms with Gasteiger partial charge in [0.25, 0.3) is 0 Å². The lowest BCUT2D eigenvalue weighted by atomic mass is 10.1. The molecule has 20 heavy (non-hydrogen) atoms. The van der Waals surface area contributed by atoms with Crippen molar-refractivity contribution in [2.75, 3.05) is 6.54 Å². The lowest BCUT2D eigenvalue weighted by molar-refractivity contribution is 0.535. The van der Waals surface area contributed by atoms with Gasteiger partial charge in [-0.15, -0.1) is 0 Å². The Morgan fingerprint density at radius 3 is 2.55 bits per heavy atom. The van der Waals surface area contributed by atoms with Crippen molar-refractivity contribution in [3.05, 3.63) is 44.9 Å². The van der Waals surface area contributed by atoms with Crippen LogP contribution in [0.2, 0.25) is 15.1 Å². The number of nitrogens with one attached hydrogen (secondary N) is 1. The van der Waals surface area contributed by atoms with Gasteiger partial charge in [0.15, 0.2) is 0 Å². The largest absolute Gasteiger partial charge is 0.304 e. The van der Waals surface area contributed by atoms with E-state index in [1.807, 2.05) is 18.5 Å². The summed E-state index contributed by atoms with van der Waals surface area (Å²) in [6, 6.07) is 1.45. The molecule has 1 atom stereocenters. The minimum Gasteiger partial charge on any atom is -0.304 e. The molecule has 0 aromatic carbocycles. The van der Waals surface area contributed by atoms with Crippen molar-refractivity contribution in [3.8, 4) is 0 Å². The molecule has 2 rings (SSSR count). The molecule has 1 N–H and O–H groups in total. The first-order chi connectivity index (χ1) is 9.58. The van der Waals surface area contributed by atoms with Crippen molar-refractivity contribution in [2.24, 2.45) is 0 Å². The zero-order valence-corrected chi connectivity index (χ0v) is 13.5. The number of rotatable bonds is 5. The van der Waals surface area contributed by atoms with E-state index in [4.69, 9.17) is 34.8 Å². The number of hydrogen-bond acceptors (Lipinski definition) is 3. The van der Waals surface area contributed by atoms with Gasteiger partial charge in [0.2, 0.25) is 0 Å². The lowest BCUT2D eigenvalue weighted by Crippen LogP contribution is -2.26. The average Bonchev–Trinajstić information content (AvgIpc) is 2.78. The smallest absolute Gasteiger partial charge is 0.0952 e. The van der Waals surface area contributed by atoms with E-state index < -0.39 is 0 Å². The first kappa shape index (κ1) is 15.6. The van der Waals surface area contributed by atoms with Crippen LogP contribution in [-0.2, 0) is 6.54 Å². The molecule has 0 fully saturated rings. The monoisotopic (exact) mass is 332 g/mol. The fourth-order valence-electron chi connectivity index (χ4n) is 2.08. The molecule has 0 saturated heterocycles. The van der Waals surface area contributed by atoms with Gasteiger partial charge in [-0.3, -0.25) is 9.67 Å². The third-order valence-electron chi connectivity index (χ3n) is 2.92. The van der Waals surface area contributed by atoms with Crippen LogP contribution < -0.4 is 5.32 Å². The maximum Gasteiger partial charge on any atom is 0.0952 e. The first-order valence-electron chi connectivity index (χ1n) is 6.34. The highest BCUT2D eigenvalue weighted by Gasteiger charge is 2.24. The Hall–Kier alpha value is -0.810. The van der Waals surface area contributed by atoms with E-state index in [0.29, 0.717) is 20.8 Å². The van der Waals surface area contributed by atoms with Gasteiger partial charge in [0, 0.05) is 12.7 Å². The molecule has 0 aliphatic carbocycles. The topological polar surface area (TPSA) is 42.7 Å². The molecule has 0 aliphatic rings. The number of nitrogens with zero attached hydrogens (tertiary/aromatic N) is 3. The van der Waals surface area contributed by atoms with Crippen LogP contribution >= 0.6 is 34.8 Å². The fraction of sp³-hybridized carbons (Fsp3) is 0.385. The molecular weight excluding hydrogens is 319 g/mol. The molecule has 2 aromatic rings. The van der Waals surface area contributed by atoms with Crippen molar-refractivity contribution in [2.45, 2.75) is 26.4 Å². The fourth-order valence-corrected chi connectivity index (χ4v) is 2.81. The maximum absolute atomic E-state index is 6.27. The molecule has 0 bridgehead atoms. The van der Waals surface area contributed by atoms with Crippen LogP contribution in [0.5, 0.6) is 0 Å². The number of pyridine rings is 1. The van der Waals surface area contributed by atoms with Crippen LogP contribution in [0.1, 0.15) is 31.3 Å². The van der Waals surface area contributed by atoms with E-state index in [9.17, 15) is 0 Å². The predicted molar refractivity (Wildman–Crippen MR) is 82.7 cm³/mol. The van der Waals surface area contributed by atoms with Crippen LogP contribution in [0.3, 0.4) is 0 Å². The molecule has 0 saturated carbocycles. The van der Waals surface area contributed by atoms with Gasteiger partial charge in [-0.2, -0.15) is 5.10 Å². The van der Waals surface area contributed by atoms with Crippen molar-refractivity contribution in [1.82, 2.24) is 20.1 Å². The van der Waals surface area contributed by atoms with E-state index in [2.05, 4.69) is 15.4 Å². The standard InChI is InChI=1S/C13H15Cl3N4/c1-3-17-12(11-9(15)5-8(14)6-18-11)13-10(16)7-19-20(13)4-2/h5-7,12,17H,3-4H2,1-2H3. The van der Waals surface area contributed by atoms with Crippen LogP contribution in [0.4, 0.5) is 0 Å². The number of halogens is 3. The minimum atomic E-state index is -0.222. The molecule has 0 amide bonds. The van der Waals surface area contributed by atoms with Crippen molar-refractivity contribution in [3.63, 3.8) is 0 Å². The summed E-state index contributed by atoms with van der Waals surface area (Å²) in [6.45, 7) is 5.48. The number of aromatic nitrogens is 3. The third kappa shape index (κ3) is 3.09. The van der Waals surface area contributed by atoms with Gasteiger partial charge in [0.05, 0.1) is 38.7 Å². The summed E-state index contributed by atoms with van der Waals surface area (Å²) in [4.78, 5) is 4.34. The Morgan fingerprint density at radius 2 is 1.95 bits per heavy atom. The van der Waals surface area contributed by atoms with Gasteiger partial charge in [-0.05, 0) is 19.5 Å². The summed E-state index contributed by atoms with van der Waals surface area (Å²) in [5, 5.41) is 9.20. The second kappa shape index (κ2) is 6.76. The van der Waals surface area contributed by atoms with Crippen LogP contribution in [0.15, 0.2) is 18.5 Å². The van der Waals surface area contributed by atoms with Crippen molar-refractivity contribution < 1.29 is 0 Å². The highest BCUT2D eigenvalue weighted by Crippen LogP contribution is 2.32. The zero-order valence-electron chi connectivity index (χ0n) is 11.2. The molecule has 0 spiro atoms. The Kier molecular flexibility index (Phi) is 5.27. The molecule has 1 unspecified atom stereocenters. The Balaban J connectivity index is 2.53. The lowest BCUT2D eigenvalue weighted by Gasteiger charge is -2.20. The summed E-state index contributed by atoms with van der Waals surface area (Å²) >= 11 is 18.4. The van der Waals surface area contributed by atoms with Crippen molar-refractivity contribution in [1.29, 1.82) is 0 Å². The van der Waals surface area contributed by atoms with Crippen LogP contribution in [-0.4, -0.2) is 21.3 Å². The molecule has 4 nitrogen and oxygen atoms in total. The summed E-state index contributed by atoms with van der Waals surface area (Å²) in [5.41, 5.74) is 1.54. The van der Waals surface area contributed by atoms with Crippen molar-refractivity contribution >= 4 is 34.8 Å². The highest BCUT2D eigenvalue weighted by atomic mass is 35.5. The summed E-state index contributed by atoms with van der Waals surface area (Å²) in [7, 11) is 0. The third-order valence-corrected chi connectivity index (χ3v) is 3.72.